The summed E-state index contributed by atoms with van der Waals surface area (Å²) in [4.78, 5) is 36.9. The molecule has 0 saturated carbocycles. The van der Waals surface area contributed by atoms with E-state index in [-0.39, 0.29) is 5.97 Å². The van der Waals surface area contributed by atoms with Gasteiger partial charge < -0.3 is 19.3 Å². The number of hydrogen-bond donors (Lipinski definition) is 2. The first-order valence-electron chi connectivity index (χ1n) is 13.8. The molecule has 0 aliphatic carbocycles. The number of unbranched alkanes of at least 4 members (excludes halogenated alkanes) is 12. The van der Waals surface area contributed by atoms with Gasteiger partial charge in [0, 0.05) is 25.3 Å². The maximum absolute atomic E-state index is 12.2. The van der Waals surface area contributed by atoms with Gasteiger partial charge in [-0.3, -0.25) is 19.1 Å². The summed E-state index contributed by atoms with van der Waals surface area (Å²) in [5.74, 6) is -0.107. The summed E-state index contributed by atoms with van der Waals surface area (Å²) in [7, 11) is 1.44. The number of H-pyrrole nitrogens is 1. The van der Waals surface area contributed by atoms with E-state index < -0.39 is 35.8 Å². The van der Waals surface area contributed by atoms with E-state index in [0.717, 1.165) is 32.1 Å². The van der Waals surface area contributed by atoms with E-state index in [4.69, 9.17) is 9.47 Å². The highest BCUT2D eigenvalue weighted by Crippen LogP contribution is 2.32. The summed E-state index contributed by atoms with van der Waals surface area (Å²) in [5, 5.41) is 10.6. The lowest BCUT2D eigenvalue weighted by molar-refractivity contribution is -0.140. The van der Waals surface area contributed by atoms with Gasteiger partial charge in [-0.25, -0.2) is 4.79 Å². The molecule has 0 bridgehead atoms. The van der Waals surface area contributed by atoms with Crippen LogP contribution in [0.3, 0.4) is 0 Å². The zero-order chi connectivity index (χ0) is 26.2. The topological polar surface area (TPSA) is 120 Å². The quantitative estimate of drug-likeness (QED) is 0.211. The van der Waals surface area contributed by atoms with E-state index in [1.807, 2.05) is 6.92 Å². The summed E-state index contributed by atoms with van der Waals surface area (Å²) in [6.07, 6.45) is 15.1. The molecule has 1 aliphatic rings. The van der Waals surface area contributed by atoms with Crippen molar-refractivity contribution in [2.75, 3.05) is 13.7 Å². The average molecular weight is 511 g/mol. The molecule has 1 aromatic heterocycles. The number of carbonyl (C=O) groups is 1. The molecule has 1 fully saturated rings. The summed E-state index contributed by atoms with van der Waals surface area (Å²) in [6, 6.07) is 1.27. The van der Waals surface area contributed by atoms with Gasteiger partial charge in [-0.1, -0.05) is 77.6 Å². The molecule has 1 aliphatic heterocycles. The summed E-state index contributed by atoms with van der Waals surface area (Å²) < 4.78 is 17.8. The number of nitrogens with one attached hydrogen (secondary N) is 1. The van der Waals surface area contributed by atoms with Crippen molar-refractivity contribution in [3.8, 4) is 0 Å². The highest BCUT2D eigenvalue weighted by molar-refractivity contribution is 5.68. The number of aromatic amines is 1. The Morgan fingerprint density at radius 3 is 2.06 bits per heavy atom. The molecule has 0 amide bonds. The minimum absolute atomic E-state index is 0.107. The Morgan fingerprint density at radius 1 is 0.972 bits per heavy atom. The molecule has 4 unspecified atom stereocenters. The summed E-state index contributed by atoms with van der Waals surface area (Å²) in [5.41, 5.74) is -1.04. The molecule has 0 radical (unpaired) electrons. The Kier molecular flexibility index (Phi) is 14.7. The highest BCUT2D eigenvalue weighted by atomic mass is 16.6. The Bertz CT molecular complexity index is 853. The zero-order valence-electron chi connectivity index (χ0n) is 22.1. The first-order chi connectivity index (χ1) is 17.5. The fraction of sp³-hybridized carbons (Fsp3) is 0.815. The standard InChI is InChI=1S/C27H46N2O7/c1-3-21-24(32)25(26(36-21)29-19-18-22(30)28-27(29)33)35-20-16-14-12-10-8-6-4-5-7-9-11-13-15-17-23(31)34-2/h18-19,21,24-26,32H,3-17,20H2,1-2H3,(H,28,30,33). The SMILES string of the molecule is CCC1OC(n2ccc(=O)[nH]c2=O)C(OCCCCCCCCCCCCCCCC(=O)OC)C1O. The van der Waals surface area contributed by atoms with Crippen LogP contribution in [0, 0.1) is 0 Å². The monoisotopic (exact) mass is 510 g/mol. The third-order valence-electron chi connectivity index (χ3n) is 6.90. The van der Waals surface area contributed by atoms with Crippen molar-refractivity contribution in [1.29, 1.82) is 0 Å². The Morgan fingerprint density at radius 2 is 1.53 bits per heavy atom. The van der Waals surface area contributed by atoms with E-state index in [1.54, 1.807) is 0 Å². The lowest BCUT2D eigenvalue weighted by atomic mass is 10.0. The van der Waals surface area contributed by atoms with Gasteiger partial charge >= 0.3 is 11.7 Å². The first-order valence-corrected chi connectivity index (χ1v) is 13.8. The smallest absolute Gasteiger partial charge is 0.330 e. The molecular weight excluding hydrogens is 464 g/mol. The maximum Gasteiger partial charge on any atom is 0.330 e. The molecule has 1 saturated heterocycles. The van der Waals surface area contributed by atoms with E-state index in [0.29, 0.717) is 19.4 Å². The van der Waals surface area contributed by atoms with Crippen LogP contribution in [0.5, 0.6) is 0 Å². The van der Waals surface area contributed by atoms with Crippen LogP contribution in [0.15, 0.2) is 21.9 Å². The Labute approximate surface area is 214 Å². The average Bonchev–Trinajstić information content (AvgIpc) is 3.18. The van der Waals surface area contributed by atoms with E-state index in [2.05, 4.69) is 9.72 Å². The van der Waals surface area contributed by atoms with E-state index >= 15 is 0 Å². The number of esters is 1. The van der Waals surface area contributed by atoms with Crippen molar-refractivity contribution in [3.05, 3.63) is 33.1 Å². The van der Waals surface area contributed by atoms with Crippen LogP contribution in [0.4, 0.5) is 0 Å². The summed E-state index contributed by atoms with van der Waals surface area (Å²) >= 11 is 0. The van der Waals surface area contributed by atoms with Gasteiger partial charge in [0.1, 0.15) is 12.2 Å². The number of aliphatic hydroxyl groups excluding tert-OH is 1. The lowest BCUT2D eigenvalue weighted by Crippen LogP contribution is -2.39. The van der Waals surface area contributed by atoms with E-state index in [1.165, 1.54) is 75.3 Å². The number of carbonyl (C=O) groups excluding carboxylic acids is 1. The fourth-order valence-corrected chi connectivity index (χ4v) is 4.72. The van der Waals surface area contributed by atoms with Crippen LogP contribution in [-0.4, -0.2) is 52.7 Å². The highest BCUT2D eigenvalue weighted by Gasteiger charge is 2.44. The molecule has 2 heterocycles. The molecular formula is C27H46N2O7. The van der Waals surface area contributed by atoms with Gasteiger partial charge in [0.2, 0.25) is 0 Å². The number of methoxy groups -OCH3 is 1. The predicted molar refractivity (Wildman–Crippen MR) is 138 cm³/mol. The summed E-state index contributed by atoms with van der Waals surface area (Å²) in [6.45, 7) is 2.41. The van der Waals surface area contributed by atoms with E-state index in [9.17, 15) is 19.5 Å². The van der Waals surface area contributed by atoms with Crippen LogP contribution in [0.25, 0.3) is 0 Å². The largest absolute Gasteiger partial charge is 0.469 e. The van der Waals surface area contributed by atoms with Crippen molar-refractivity contribution < 1.29 is 24.1 Å². The van der Waals surface area contributed by atoms with Gasteiger partial charge in [0.25, 0.3) is 5.56 Å². The lowest BCUT2D eigenvalue weighted by Gasteiger charge is -2.22. The fourth-order valence-electron chi connectivity index (χ4n) is 4.72. The van der Waals surface area contributed by atoms with Crippen molar-refractivity contribution in [2.24, 2.45) is 0 Å². The molecule has 2 N–H and O–H groups in total. The van der Waals surface area contributed by atoms with Gasteiger partial charge in [0.15, 0.2) is 6.23 Å². The normalized spacial score (nSPS) is 21.6. The van der Waals surface area contributed by atoms with Gasteiger partial charge in [-0.2, -0.15) is 0 Å². The molecule has 9 nitrogen and oxygen atoms in total. The van der Waals surface area contributed by atoms with Crippen LogP contribution in [0.1, 0.15) is 109 Å². The third-order valence-corrected chi connectivity index (χ3v) is 6.90. The van der Waals surface area contributed by atoms with Crippen LogP contribution >= 0.6 is 0 Å². The predicted octanol–water partition coefficient (Wildman–Crippen LogP) is 4.22. The molecule has 1 aromatic rings. The number of nitrogens with zero attached hydrogens (tertiary/aromatic N) is 1. The second-order valence-electron chi connectivity index (χ2n) is 9.74. The number of hydrogen-bond acceptors (Lipinski definition) is 7. The Balaban J connectivity index is 1.51. The van der Waals surface area contributed by atoms with Gasteiger partial charge in [0.05, 0.1) is 13.2 Å². The Hall–Kier alpha value is -1.97. The van der Waals surface area contributed by atoms with Crippen molar-refractivity contribution >= 4 is 5.97 Å². The molecule has 9 heteroatoms. The van der Waals surface area contributed by atoms with Crippen molar-refractivity contribution in [3.63, 3.8) is 0 Å². The van der Waals surface area contributed by atoms with Crippen LogP contribution < -0.4 is 11.2 Å². The van der Waals surface area contributed by atoms with Crippen molar-refractivity contribution in [1.82, 2.24) is 9.55 Å². The molecule has 206 valence electrons. The molecule has 36 heavy (non-hydrogen) atoms. The minimum atomic E-state index is -0.821. The number of rotatable bonds is 19. The third kappa shape index (κ3) is 10.6. The second kappa shape index (κ2) is 17.5. The number of aliphatic hydroxyl groups is 1. The second-order valence-corrected chi connectivity index (χ2v) is 9.74. The molecule has 0 aromatic carbocycles. The minimum Gasteiger partial charge on any atom is -0.469 e. The van der Waals surface area contributed by atoms with Gasteiger partial charge in [-0.05, 0) is 19.3 Å². The van der Waals surface area contributed by atoms with Crippen LogP contribution in [-0.2, 0) is 19.0 Å². The van der Waals surface area contributed by atoms with Crippen molar-refractivity contribution in [2.45, 2.75) is 128 Å². The first kappa shape index (κ1) is 30.3. The maximum atomic E-state index is 12.2. The zero-order valence-corrected chi connectivity index (χ0v) is 22.1. The number of ether oxygens (including phenoxy) is 3. The van der Waals surface area contributed by atoms with Crippen LogP contribution in [0.2, 0.25) is 0 Å². The molecule has 2 rings (SSSR count). The number of aromatic nitrogens is 2. The molecule has 0 spiro atoms. The van der Waals surface area contributed by atoms with Gasteiger partial charge in [-0.15, -0.1) is 0 Å². The molecule has 4 atom stereocenters.